The van der Waals surface area contributed by atoms with Crippen molar-refractivity contribution in [2.24, 2.45) is 7.05 Å². The van der Waals surface area contributed by atoms with Gasteiger partial charge in [-0.05, 0) is 31.2 Å². The lowest BCUT2D eigenvalue weighted by Gasteiger charge is -1.93. The zero-order chi connectivity index (χ0) is 12.3. The number of nitrogens with zero attached hydrogens (tertiary/aromatic N) is 4. The van der Waals surface area contributed by atoms with Gasteiger partial charge in [-0.3, -0.25) is 14.2 Å². The van der Waals surface area contributed by atoms with Gasteiger partial charge >= 0.3 is 0 Å². The van der Waals surface area contributed by atoms with E-state index in [1.54, 1.807) is 33.9 Å². The summed E-state index contributed by atoms with van der Waals surface area (Å²) in [5.41, 5.74) is 1.35. The smallest absolute Gasteiger partial charge is 0.206 e. The molecule has 0 fully saturated rings. The van der Waals surface area contributed by atoms with Gasteiger partial charge in [0.25, 0.3) is 0 Å². The van der Waals surface area contributed by atoms with Crippen molar-refractivity contribution >= 4 is 11.9 Å². The molecule has 17 heavy (non-hydrogen) atoms. The Morgan fingerprint density at radius 1 is 1.47 bits per heavy atom. The van der Waals surface area contributed by atoms with Crippen LogP contribution in [0.4, 0.5) is 0 Å². The molecule has 0 spiro atoms. The molecule has 0 aliphatic rings. The maximum absolute atomic E-state index is 11.8. The highest BCUT2D eigenvalue weighted by molar-refractivity contribution is 6.05. The summed E-state index contributed by atoms with van der Waals surface area (Å²) in [6.45, 7) is 2.74. The lowest BCUT2D eigenvalue weighted by atomic mass is 10.2. The number of ketones is 1. The predicted molar refractivity (Wildman–Crippen MR) is 64.5 cm³/mol. The zero-order valence-electron chi connectivity index (χ0n) is 9.87. The third-order valence-corrected chi connectivity index (χ3v) is 2.48. The molecule has 0 saturated carbocycles. The standard InChI is InChI=1S/C12H14N4O/c1-3-16-9-7-11(14-16)12(17)5-4-10-6-8-13-15(10)2/h4-9H,3H2,1-2H3/b5-4+. The van der Waals surface area contributed by atoms with Gasteiger partial charge < -0.3 is 0 Å². The molecular formula is C12H14N4O. The monoisotopic (exact) mass is 230 g/mol. The maximum atomic E-state index is 11.8. The number of aryl methyl sites for hydroxylation is 2. The van der Waals surface area contributed by atoms with E-state index in [0.717, 1.165) is 12.2 Å². The van der Waals surface area contributed by atoms with Crippen molar-refractivity contribution in [3.05, 3.63) is 42.0 Å². The van der Waals surface area contributed by atoms with Crippen LogP contribution in [0.15, 0.2) is 30.6 Å². The molecule has 0 aliphatic carbocycles. The first kappa shape index (κ1) is 11.3. The number of carbonyl (C=O) groups is 1. The first-order chi connectivity index (χ1) is 8.20. The van der Waals surface area contributed by atoms with Gasteiger partial charge in [0.2, 0.25) is 5.78 Å². The van der Waals surface area contributed by atoms with Gasteiger partial charge in [-0.25, -0.2) is 0 Å². The summed E-state index contributed by atoms with van der Waals surface area (Å²) in [7, 11) is 1.83. The van der Waals surface area contributed by atoms with E-state index >= 15 is 0 Å². The average molecular weight is 230 g/mol. The third-order valence-electron chi connectivity index (χ3n) is 2.48. The summed E-state index contributed by atoms with van der Waals surface area (Å²) in [5.74, 6) is -0.0987. The maximum Gasteiger partial charge on any atom is 0.206 e. The van der Waals surface area contributed by atoms with Crippen molar-refractivity contribution in [2.45, 2.75) is 13.5 Å². The van der Waals surface area contributed by atoms with Crippen LogP contribution < -0.4 is 0 Å². The third kappa shape index (κ3) is 2.50. The Bertz CT molecular complexity index is 550. The van der Waals surface area contributed by atoms with Gasteiger partial charge in [0.15, 0.2) is 0 Å². The van der Waals surface area contributed by atoms with Crippen molar-refractivity contribution in [1.82, 2.24) is 19.6 Å². The zero-order valence-corrected chi connectivity index (χ0v) is 9.87. The Kier molecular flexibility index (Phi) is 3.18. The van der Waals surface area contributed by atoms with Gasteiger partial charge in [-0.1, -0.05) is 0 Å². The van der Waals surface area contributed by atoms with Crippen LogP contribution in [-0.2, 0) is 13.6 Å². The Hall–Kier alpha value is -2.17. The molecule has 0 radical (unpaired) electrons. The van der Waals surface area contributed by atoms with E-state index in [1.807, 2.05) is 20.0 Å². The fourth-order valence-corrected chi connectivity index (χ4v) is 1.46. The first-order valence-corrected chi connectivity index (χ1v) is 5.44. The van der Waals surface area contributed by atoms with Crippen molar-refractivity contribution in [2.75, 3.05) is 0 Å². The second-order valence-electron chi connectivity index (χ2n) is 3.63. The fraction of sp³-hybridized carbons (Fsp3) is 0.250. The molecule has 0 amide bonds. The SMILES string of the molecule is CCn1ccc(C(=O)/C=C/c2ccnn2C)n1. The van der Waals surface area contributed by atoms with Crippen molar-refractivity contribution < 1.29 is 4.79 Å². The second kappa shape index (κ2) is 4.78. The molecule has 2 heterocycles. The van der Waals surface area contributed by atoms with E-state index in [4.69, 9.17) is 0 Å². The predicted octanol–water partition coefficient (Wildman–Crippen LogP) is 1.53. The lowest BCUT2D eigenvalue weighted by Crippen LogP contribution is -2.00. The van der Waals surface area contributed by atoms with Gasteiger partial charge in [0.05, 0.1) is 5.69 Å². The van der Waals surface area contributed by atoms with E-state index in [0.29, 0.717) is 5.69 Å². The van der Waals surface area contributed by atoms with Crippen molar-refractivity contribution in [1.29, 1.82) is 0 Å². The molecule has 5 heteroatoms. The summed E-state index contributed by atoms with van der Waals surface area (Å²) in [4.78, 5) is 11.8. The van der Waals surface area contributed by atoms with E-state index < -0.39 is 0 Å². The number of allylic oxidation sites excluding steroid dienone is 1. The molecule has 88 valence electrons. The fourth-order valence-electron chi connectivity index (χ4n) is 1.46. The summed E-state index contributed by atoms with van der Waals surface area (Å²) >= 11 is 0. The van der Waals surface area contributed by atoms with Crippen LogP contribution in [0.5, 0.6) is 0 Å². The van der Waals surface area contributed by atoms with Crippen LogP contribution in [0.25, 0.3) is 6.08 Å². The molecule has 0 saturated heterocycles. The molecule has 0 atom stereocenters. The molecular weight excluding hydrogens is 216 g/mol. The van der Waals surface area contributed by atoms with Gasteiger partial charge in [-0.15, -0.1) is 0 Å². The Labute approximate surface area is 99.4 Å². The number of aromatic nitrogens is 4. The van der Waals surface area contributed by atoms with Crippen molar-refractivity contribution in [3.8, 4) is 0 Å². The minimum absolute atomic E-state index is 0.0987. The lowest BCUT2D eigenvalue weighted by molar-refractivity contribution is 0.104. The van der Waals surface area contributed by atoms with E-state index in [-0.39, 0.29) is 5.78 Å². The topological polar surface area (TPSA) is 52.7 Å². The highest BCUT2D eigenvalue weighted by Gasteiger charge is 2.05. The van der Waals surface area contributed by atoms with Crippen LogP contribution in [0.3, 0.4) is 0 Å². The molecule has 0 bridgehead atoms. The normalized spacial score (nSPS) is 11.2. The van der Waals surface area contributed by atoms with E-state index in [9.17, 15) is 4.79 Å². The number of hydrogen-bond donors (Lipinski definition) is 0. The minimum Gasteiger partial charge on any atom is -0.287 e. The molecule has 5 nitrogen and oxygen atoms in total. The van der Waals surface area contributed by atoms with Crippen molar-refractivity contribution in [3.63, 3.8) is 0 Å². The second-order valence-corrected chi connectivity index (χ2v) is 3.63. The quantitative estimate of drug-likeness (QED) is 0.591. The van der Waals surface area contributed by atoms with Gasteiger partial charge in [0.1, 0.15) is 5.69 Å². The van der Waals surface area contributed by atoms with Crippen LogP contribution in [-0.4, -0.2) is 25.3 Å². The highest BCUT2D eigenvalue weighted by atomic mass is 16.1. The Balaban J connectivity index is 2.11. The number of hydrogen-bond acceptors (Lipinski definition) is 3. The van der Waals surface area contributed by atoms with E-state index in [2.05, 4.69) is 10.2 Å². The van der Waals surface area contributed by atoms with Crippen LogP contribution in [0, 0.1) is 0 Å². The molecule has 0 aliphatic heterocycles. The minimum atomic E-state index is -0.0987. The molecule has 0 N–H and O–H groups in total. The van der Waals surface area contributed by atoms with Gasteiger partial charge in [0, 0.05) is 26.0 Å². The molecule has 2 aromatic rings. The summed E-state index contributed by atoms with van der Waals surface area (Å²) < 4.78 is 3.43. The van der Waals surface area contributed by atoms with Crippen LogP contribution in [0.2, 0.25) is 0 Å². The number of rotatable bonds is 4. The highest BCUT2D eigenvalue weighted by Crippen LogP contribution is 2.03. The largest absolute Gasteiger partial charge is 0.287 e. The summed E-state index contributed by atoms with van der Waals surface area (Å²) in [5, 5.41) is 8.16. The average Bonchev–Trinajstić information content (AvgIpc) is 2.94. The Morgan fingerprint density at radius 3 is 2.88 bits per heavy atom. The molecule has 2 rings (SSSR count). The van der Waals surface area contributed by atoms with Crippen LogP contribution in [0.1, 0.15) is 23.1 Å². The summed E-state index contributed by atoms with van der Waals surface area (Å²) in [6, 6.07) is 3.56. The van der Waals surface area contributed by atoms with Gasteiger partial charge in [-0.2, -0.15) is 10.2 Å². The first-order valence-electron chi connectivity index (χ1n) is 5.44. The van der Waals surface area contributed by atoms with E-state index in [1.165, 1.54) is 6.08 Å². The summed E-state index contributed by atoms with van der Waals surface area (Å²) in [6.07, 6.45) is 6.74. The molecule has 0 aromatic carbocycles. The Morgan fingerprint density at radius 2 is 2.29 bits per heavy atom. The van der Waals surface area contributed by atoms with Crippen LogP contribution >= 0.6 is 0 Å². The number of carbonyl (C=O) groups excluding carboxylic acids is 1. The molecule has 0 unspecified atom stereocenters. The molecule has 2 aromatic heterocycles.